The minimum atomic E-state index is 0.189. The van der Waals surface area contributed by atoms with E-state index in [1.54, 1.807) is 0 Å². The van der Waals surface area contributed by atoms with Gasteiger partial charge in [0, 0.05) is 0 Å². The average molecular weight is 188 g/mol. The summed E-state index contributed by atoms with van der Waals surface area (Å²) in [7, 11) is 0. The molecule has 0 aliphatic rings. The van der Waals surface area contributed by atoms with Crippen LogP contribution >= 0.6 is 0 Å². The summed E-state index contributed by atoms with van der Waals surface area (Å²) in [5.74, 6) is 0. The Hall–Kier alpha value is -0.120. The zero-order chi connectivity index (χ0) is 10.1. The summed E-state index contributed by atoms with van der Waals surface area (Å²) in [5, 5.41) is 6.59. The Bertz CT molecular complexity index is 97.1. The van der Waals surface area contributed by atoms with E-state index in [0.717, 1.165) is 25.9 Å². The second kappa shape index (κ2) is 8.48. The van der Waals surface area contributed by atoms with Crippen molar-refractivity contribution in [1.82, 2.24) is 10.6 Å². The highest BCUT2D eigenvalue weighted by Crippen LogP contribution is 2.01. The first-order chi connectivity index (χ1) is 6.28. The lowest BCUT2D eigenvalue weighted by molar-refractivity contribution is -0.0479. The van der Waals surface area contributed by atoms with Crippen LogP contribution in [0.3, 0.4) is 0 Å². The Kier molecular flexibility index (Phi) is 8.40. The predicted octanol–water partition coefficient (Wildman–Crippen LogP) is 1.69. The molecule has 0 bridgehead atoms. The molecule has 0 saturated carbocycles. The third-order valence-electron chi connectivity index (χ3n) is 1.93. The summed E-state index contributed by atoms with van der Waals surface area (Å²) in [6.07, 6.45) is 2.40. The molecule has 0 aromatic heterocycles. The standard InChI is InChI=1S/C10H24N2O/c1-5-9(11-7-3)13-10(6-2)12-8-4/h9-12H,5-8H2,1-4H3. The topological polar surface area (TPSA) is 33.3 Å². The van der Waals surface area contributed by atoms with Gasteiger partial charge in [-0.2, -0.15) is 0 Å². The Morgan fingerprint density at radius 3 is 1.46 bits per heavy atom. The van der Waals surface area contributed by atoms with E-state index in [2.05, 4.69) is 38.3 Å². The van der Waals surface area contributed by atoms with Crippen LogP contribution < -0.4 is 10.6 Å². The smallest absolute Gasteiger partial charge is 0.109 e. The molecule has 2 atom stereocenters. The molecular formula is C10H24N2O. The normalized spacial score (nSPS) is 15.7. The summed E-state index contributed by atoms with van der Waals surface area (Å²) in [6.45, 7) is 10.4. The summed E-state index contributed by atoms with van der Waals surface area (Å²) in [6, 6.07) is 0. The lowest BCUT2D eigenvalue weighted by Gasteiger charge is -2.24. The lowest BCUT2D eigenvalue weighted by atomic mass is 10.3. The molecular weight excluding hydrogens is 164 g/mol. The quantitative estimate of drug-likeness (QED) is 0.569. The van der Waals surface area contributed by atoms with Crippen LogP contribution in [-0.4, -0.2) is 25.5 Å². The minimum Gasteiger partial charge on any atom is -0.345 e. The third-order valence-corrected chi connectivity index (χ3v) is 1.93. The largest absolute Gasteiger partial charge is 0.345 e. The van der Waals surface area contributed by atoms with Crippen LogP contribution in [0.15, 0.2) is 0 Å². The van der Waals surface area contributed by atoms with Crippen LogP contribution in [0.25, 0.3) is 0 Å². The van der Waals surface area contributed by atoms with Crippen molar-refractivity contribution in [2.75, 3.05) is 13.1 Å². The van der Waals surface area contributed by atoms with E-state index in [1.165, 1.54) is 0 Å². The lowest BCUT2D eigenvalue weighted by Crippen LogP contribution is -2.40. The number of nitrogens with one attached hydrogen (secondary N) is 2. The van der Waals surface area contributed by atoms with Crippen LogP contribution in [0, 0.1) is 0 Å². The summed E-state index contributed by atoms with van der Waals surface area (Å²) < 4.78 is 5.81. The van der Waals surface area contributed by atoms with Gasteiger partial charge >= 0.3 is 0 Å². The Morgan fingerprint density at radius 1 is 0.846 bits per heavy atom. The van der Waals surface area contributed by atoms with E-state index in [4.69, 9.17) is 4.74 Å². The average Bonchev–Trinajstić information content (AvgIpc) is 2.16. The van der Waals surface area contributed by atoms with Gasteiger partial charge in [0.15, 0.2) is 0 Å². The van der Waals surface area contributed by atoms with Gasteiger partial charge in [0.25, 0.3) is 0 Å². The van der Waals surface area contributed by atoms with Crippen molar-refractivity contribution in [1.29, 1.82) is 0 Å². The van der Waals surface area contributed by atoms with Crippen molar-refractivity contribution >= 4 is 0 Å². The molecule has 0 rings (SSSR count). The Balaban J connectivity index is 3.73. The van der Waals surface area contributed by atoms with E-state index < -0.39 is 0 Å². The molecule has 3 heteroatoms. The van der Waals surface area contributed by atoms with Crippen LogP contribution in [0.4, 0.5) is 0 Å². The number of rotatable bonds is 8. The van der Waals surface area contributed by atoms with Gasteiger partial charge < -0.3 is 4.74 Å². The molecule has 0 radical (unpaired) electrons. The Morgan fingerprint density at radius 2 is 1.23 bits per heavy atom. The maximum atomic E-state index is 5.81. The molecule has 80 valence electrons. The molecule has 0 aromatic carbocycles. The molecule has 0 amide bonds. The predicted molar refractivity (Wildman–Crippen MR) is 56.6 cm³/mol. The highest BCUT2D eigenvalue weighted by Gasteiger charge is 2.10. The highest BCUT2D eigenvalue weighted by atomic mass is 16.5. The second-order valence-corrected chi connectivity index (χ2v) is 3.05. The zero-order valence-corrected chi connectivity index (χ0v) is 9.39. The van der Waals surface area contributed by atoms with Crippen LogP contribution in [-0.2, 0) is 4.74 Å². The van der Waals surface area contributed by atoms with Gasteiger partial charge in [-0.05, 0) is 25.9 Å². The van der Waals surface area contributed by atoms with Gasteiger partial charge in [-0.1, -0.05) is 27.7 Å². The summed E-state index contributed by atoms with van der Waals surface area (Å²) in [4.78, 5) is 0. The van der Waals surface area contributed by atoms with Crippen LogP contribution in [0.2, 0.25) is 0 Å². The maximum absolute atomic E-state index is 5.81. The first-order valence-electron chi connectivity index (χ1n) is 5.40. The van der Waals surface area contributed by atoms with Crippen molar-refractivity contribution in [2.24, 2.45) is 0 Å². The second-order valence-electron chi connectivity index (χ2n) is 3.05. The minimum absolute atomic E-state index is 0.189. The molecule has 2 unspecified atom stereocenters. The van der Waals surface area contributed by atoms with Crippen molar-refractivity contribution in [3.63, 3.8) is 0 Å². The number of hydrogen-bond acceptors (Lipinski definition) is 3. The van der Waals surface area contributed by atoms with E-state index >= 15 is 0 Å². The third kappa shape index (κ3) is 6.02. The fourth-order valence-corrected chi connectivity index (χ4v) is 1.23. The van der Waals surface area contributed by atoms with Gasteiger partial charge in [-0.15, -0.1) is 0 Å². The highest BCUT2D eigenvalue weighted by molar-refractivity contribution is 4.57. The summed E-state index contributed by atoms with van der Waals surface area (Å²) >= 11 is 0. The fourth-order valence-electron chi connectivity index (χ4n) is 1.23. The van der Waals surface area contributed by atoms with Crippen LogP contribution in [0.5, 0.6) is 0 Å². The maximum Gasteiger partial charge on any atom is 0.109 e. The first kappa shape index (κ1) is 12.9. The summed E-state index contributed by atoms with van der Waals surface area (Å²) in [5.41, 5.74) is 0. The molecule has 3 nitrogen and oxygen atoms in total. The van der Waals surface area contributed by atoms with E-state index in [0.29, 0.717) is 0 Å². The monoisotopic (exact) mass is 188 g/mol. The molecule has 2 N–H and O–H groups in total. The molecule has 0 spiro atoms. The van der Waals surface area contributed by atoms with E-state index in [-0.39, 0.29) is 12.5 Å². The SMILES string of the molecule is CCNC(CC)OC(CC)NCC. The molecule has 0 saturated heterocycles. The van der Waals surface area contributed by atoms with Crippen molar-refractivity contribution < 1.29 is 4.74 Å². The van der Waals surface area contributed by atoms with Crippen molar-refractivity contribution in [2.45, 2.75) is 53.0 Å². The van der Waals surface area contributed by atoms with E-state index in [1.807, 2.05) is 0 Å². The fraction of sp³-hybridized carbons (Fsp3) is 1.00. The molecule has 13 heavy (non-hydrogen) atoms. The van der Waals surface area contributed by atoms with Gasteiger partial charge in [-0.3, -0.25) is 10.6 Å². The number of ether oxygens (including phenoxy) is 1. The van der Waals surface area contributed by atoms with Crippen LogP contribution in [0.1, 0.15) is 40.5 Å². The van der Waals surface area contributed by atoms with Gasteiger partial charge in [0.05, 0.1) is 0 Å². The molecule has 0 fully saturated rings. The van der Waals surface area contributed by atoms with Crippen molar-refractivity contribution in [3.8, 4) is 0 Å². The van der Waals surface area contributed by atoms with Crippen molar-refractivity contribution in [3.05, 3.63) is 0 Å². The van der Waals surface area contributed by atoms with E-state index in [9.17, 15) is 0 Å². The molecule has 0 aliphatic heterocycles. The molecule has 0 aliphatic carbocycles. The van der Waals surface area contributed by atoms with Gasteiger partial charge in [0.1, 0.15) is 12.5 Å². The van der Waals surface area contributed by atoms with Gasteiger partial charge in [0.2, 0.25) is 0 Å². The Labute approximate surface area is 82.2 Å². The zero-order valence-electron chi connectivity index (χ0n) is 9.39. The first-order valence-corrected chi connectivity index (χ1v) is 5.40. The number of hydrogen-bond donors (Lipinski definition) is 2. The molecule has 0 heterocycles. The molecule has 0 aromatic rings. The van der Waals surface area contributed by atoms with Gasteiger partial charge in [-0.25, -0.2) is 0 Å².